The molecule has 0 saturated carbocycles. The summed E-state index contributed by atoms with van der Waals surface area (Å²) in [5.41, 5.74) is 11.5. The molecule has 98 valence electrons. The highest BCUT2D eigenvalue weighted by molar-refractivity contribution is 9.11. The zero-order chi connectivity index (χ0) is 14.0. The number of nitrogens with two attached hydrogens (primary N) is 2. The molecule has 19 heavy (non-hydrogen) atoms. The molecule has 0 aliphatic heterocycles. The van der Waals surface area contributed by atoms with Crippen LogP contribution in [0.1, 0.15) is 10.4 Å². The third kappa shape index (κ3) is 3.27. The Hall–Kier alpha value is -1.53. The van der Waals surface area contributed by atoms with Crippen LogP contribution < -0.4 is 16.2 Å². The van der Waals surface area contributed by atoms with Gasteiger partial charge in [-0.1, -0.05) is 15.9 Å². The number of nitrogen functional groups attached to an aromatic ring is 1. The van der Waals surface area contributed by atoms with Gasteiger partial charge in [0.1, 0.15) is 11.5 Å². The molecule has 0 atom stereocenters. The molecule has 0 fully saturated rings. The topological polar surface area (TPSA) is 78.3 Å². The van der Waals surface area contributed by atoms with Crippen molar-refractivity contribution < 1.29 is 9.53 Å². The quantitative estimate of drug-likeness (QED) is 0.791. The van der Waals surface area contributed by atoms with Gasteiger partial charge >= 0.3 is 0 Å². The van der Waals surface area contributed by atoms with E-state index in [0.717, 1.165) is 8.95 Å². The maximum absolute atomic E-state index is 11.2. The van der Waals surface area contributed by atoms with Crippen LogP contribution in [0, 0.1) is 0 Å². The first kappa shape index (κ1) is 13.9. The van der Waals surface area contributed by atoms with Crippen LogP contribution in [0.4, 0.5) is 5.69 Å². The average Bonchev–Trinajstić information content (AvgIpc) is 2.34. The average molecular weight is 386 g/mol. The molecule has 4 nitrogen and oxygen atoms in total. The van der Waals surface area contributed by atoms with Gasteiger partial charge in [0.2, 0.25) is 0 Å². The van der Waals surface area contributed by atoms with Crippen LogP contribution in [0.25, 0.3) is 0 Å². The minimum Gasteiger partial charge on any atom is -0.456 e. The molecule has 0 aromatic heterocycles. The van der Waals surface area contributed by atoms with Crippen LogP contribution >= 0.6 is 31.9 Å². The molecule has 4 N–H and O–H groups in total. The van der Waals surface area contributed by atoms with Gasteiger partial charge < -0.3 is 16.2 Å². The lowest BCUT2D eigenvalue weighted by atomic mass is 10.1. The van der Waals surface area contributed by atoms with E-state index in [1.807, 2.05) is 12.1 Å². The number of amides is 1. The normalized spacial score (nSPS) is 10.2. The van der Waals surface area contributed by atoms with Crippen molar-refractivity contribution in [3.63, 3.8) is 0 Å². The number of rotatable bonds is 3. The lowest BCUT2D eigenvalue weighted by molar-refractivity contribution is 0.100. The minimum absolute atomic E-state index is 0.241. The first-order valence-electron chi connectivity index (χ1n) is 5.29. The Bertz CT molecular complexity index is 645. The van der Waals surface area contributed by atoms with Gasteiger partial charge in [-0.2, -0.15) is 0 Å². The van der Waals surface area contributed by atoms with Crippen molar-refractivity contribution in [2.75, 3.05) is 5.73 Å². The van der Waals surface area contributed by atoms with Crippen LogP contribution in [0.15, 0.2) is 45.3 Å². The lowest BCUT2D eigenvalue weighted by Crippen LogP contribution is -2.13. The Kier molecular flexibility index (Phi) is 4.11. The summed E-state index contributed by atoms with van der Waals surface area (Å²) >= 11 is 6.75. The third-order valence-corrected chi connectivity index (χ3v) is 3.52. The van der Waals surface area contributed by atoms with E-state index in [2.05, 4.69) is 31.9 Å². The second-order valence-corrected chi connectivity index (χ2v) is 5.56. The van der Waals surface area contributed by atoms with Crippen molar-refractivity contribution in [3.05, 3.63) is 50.9 Å². The first-order valence-corrected chi connectivity index (χ1v) is 6.88. The fourth-order valence-electron chi connectivity index (χ4n) is 1.50. The number of ether oxygens (including phenoxy) is 1. The highest BCUT2D eigenvalue weighted by Gasteiger charge is 2.09. The van der Waals surface area contributed by atoms with Gasteiger partial charge in [0.05, 0.1) is 10.0 Å². The number of carbonyl (C=O) groups is 1. The molecule has 2 aromatic rings. The van der Waals surface area contributed by atoms with Crippen molar-refractivity contribution in [1.29, 1.82) is 0 Å². The molecule has 0 unspecified atom stereocenters. The van der Waals surface area contributed by atoms with Crippen molar-refractivity contribution in [2.45, 2.75) is 0 Å². The molecule has 0 saturated heterocycles. The molecular weight excluding hydrogens is 376 g/mol. The molecule has 1 amide bonds. The van der Waals surface area contributed by atoms with Crippen LogP contribution in [0.2, 0.25) is 0 Å². The monoisotopic (exact) mass is 384 g/mol. The maximum atomic E-state index is 11.2. The van der Waals surface area contributed by atoms with Gasteiger partial charge in [-0.3, -0.25) is 4.79 Å². The fraction of sp³-hybridized carbons (Fsp3) is 0. The molecule has 6 heteroatoms. The fourth-order valence-corrected chi connectivity index (χ4v) is 2.63. The highest BCUT2D eigenvalue weighted by atomic mass is 79.9. The summed E-state index contributed by atoms with van der Waals surface area (Å²) in [5, 5.41) is 0. The zero-order valence-corrected chi connectivity index (χ0v) is 12.9. The number of halogens is 2. The van der Waals surface area contributed by atoms with Gasteiger partial charge in [0.15, 0.2) is 0 Å². The third-order valence-electron chi connectivity index (χ3n) is 2.41. The Morgan fingerprint density at radius 3 is 2.47 bits per heavy atom. The maximum Gasteiger partial charge on any atom is 0.250 e. The van der Waals surface area contributed by atoms with E-state index in [4.69, 9.17) is 16.2 Å². The Morgan fingerprint density at radius 1 is 1.11 bits per heavy atom. The van der Waals surface area contributed by atoms with E-state index in [-0.39, 0.29) is 5.56 Å². The molecule has 0 bridgehead atoms. The minimum atomic E-state index is -0.585. The molecule has 2 aromatic carbocycles. The number of carbonyl (C=O) groups excluding carboxylic acids is 1. The summed E-state index contributed by atoms with van der Waals surface area (Å²) in [6, 6.07) is 10.3. The SMILES string of the molecule is NC(=O)c1cc(Oc2ccc(Br)cc2Br)ccc1N. The Balaban J connectivity index is 2.33. The second kappa shape index (κ2) is 5.63. The summed E-state index contributed by atoms with van der Waals surface area (Å²) in [4.78, 5) is 11.2. The summed E-state index contributed by atoms with van der Waals surface area (Å²) in [5.74, 6) is 0.534. The molecule has 0 aliphatic rings. The van der Waals surface area contributed by atoms with Gasteiger partial charge in [0, 0.05) is 10.2 Å². The second-order valence-electron chi connectivity index (χ2n) is 3.79. The number of anilines is 1. The zero-order valence-electron chi connectivity index (χ0n) is 9.69. The van der Waals surface area contributed by atoms with E-state index >= 15 is 0 Å². The number of benzene rings is 2. The van der Waals surface area contributed by atoms with E-state index in [1.165, 1.54) is 6.07 Å². The molecule has 0 spiro atoms. The molecule has 0 heterocycles. The predicted molar refractivity (Wildman–Crippen MR) is 81.3 cm³/mol. The Labute approximate surface area is 127 Å². The van der Waals surface area contributed by atoms with E-state index in [0.29, 0.717) is 17.2 Å². The first-order chi connectivity index (χ1) is 8.97. The number of primary amides is 1. The predicted octanol–water partition coefficient (Wildman–Crippen LogP) is 3.69. The van der Waals surface area contributed by atoms with E-state index in [9.17, 15) is 4.79 Å². The smallest absolute Gasteiger partial charge is 0.250 e. The van der Waals surface area contributed by atoms with Crippen LogP contribution in [-0.2, 0) is 0 Å². The van der Waals surface area contributed by atoms with Crippen molar-refractivity contribution >= 4 is 43.5 Å². The number of hydrogen-bond donors (Lipinski definition) is 2. The van der Waals surface area contributed by atoms with E-state index in [1.54, 1.807) is 18.2 Å². The van der Waals surface area contributed by atoms with Gasteiger partial charge in [-0.15, -0.1) is 0 Å². The summed E-state index contributed by atoms with van der Waals surface area (Å²) < 4.78 is 7.40. The summed E-state index contributed by atoms with van der Waals surface area (Å²) in [6.45, 7) is 0. The van der Waals surface area contributed by atoms with Gasteiger partial charge in [-0.25, -0.2) is 0 Å². The molecule has 0 aliphatic carbocycles. The van der Waals surface area contributed by atoms with Crippen molar-refractivity contribution in [3.8, 4) is 11.5 Å². The van der Waals surface area contributed by atoms with Crippen LogP contribution in [0.3, 0.4) is 0 Å². The highest BCUT2D eigenvalue weighted by Crippen LogP contribution is 2.32. The molecular formula is C13H10Br2N2O2. The lowest BCUT2D eigenvalue weighted by Gasteiger charge is -2.10. The van der Waals surface area contributed by atoms with E-state index < -0.39 is 5.91 Å². The van der Waals surface area contributed by atoms with Crippen molar-refractivity contribution in [2.24, 2.45) is 5.73 Å². The number of hydrogen-bond acceptors (Lipinski definition) is 3. The summed E-state index contributed by atoms with van der Waals surface area (Å²) in [6.07, 6.45) is 0. The van der Waals surface area contributed by atoms with Gasteiger partial charge in [0.25, 0.3) is 5.91 Å². The summed E-state index contributed by atoms with van der Waals surface area (Å²) in [7, 11) is 0. The van der Waals surface area contributed by atoms with Crippen molar-refractivity contribution in [1.82, 2.24) is 0 Å². The molecule has 0 radical (unpaired) electrons. The van der Waals surface area contributed by atoms with Crippen LogP contribution in [-0.4, -0.2) is 5.91 Å². The van der Waals surface area contributed by atoms with Gasteiger partial charge in [-0.05, 0) is 52.3 Å². The standard InChI is InChI=1S/C13H10Br2N2O2/c14-7-1-4-12(10(15)5-7)19-8-2-3-11(16)9(6-8)13(17)18/h1-6H,16H2,(H2,17,18). The molecule has 2 rings (SSSR count). The van der Waals surface area contributed by atoms with Crippen LogP contribution in [0.5, 0.6) is 11.5 Å². The largest absolute Gasteiger partial charge is 0.456 e. The Morgan fingerprint density at radius 2 is 1.84 bits per heavy atom.